The molecule has 2 fully saturated rings. The minimum atomic E-state index is -5.08. The number of hydrogen-bond acceptors (Lipinski definition) is 5. The number of likely N-dealkylation sites (tertiary alicyclic amines) is 1. The number of carbonyl (C=O) groups is 3. The van der Waals surface area contributed by atoms with Crippen molar-refractivity contribution in [1.29, 1.82) is 0 Å². The summed E-state index contributed by atoms with van der Waals surface area (Å²) in [7, 11) is 0. The van der Waals surface area contributed by atoms with Crippen molar-refractivity contribution in [1.82, 2.24) is 9.80 Å². The molecule has 1 aromatic rings. The van der Waals surface area contributed by atoms with Crippen LogP contribution in [0.4, 0.5) is 45.2 Å². The first-order chi connectivity index (χ1) is 18.7. The molecular weight excluding hydrogens is 581 g/mol. The number of hydrogen-bond donors (Lipinski definition) is 2. The highest BCUT2D eigenvalue weighted by molar-refractivity contribution is 5.76. The second-order valence-corrected chi connectivity index (χ2v) is 9.32. The molecule has 0 radical (unpaired) electrons. The molecule has 0 spiro atoms. The lowest BCUT2D eigenvalue weighted by molar-refractivity contribution is -0.193. The van der Waals surface area contributed by atoms with E-state index in [0.717, 1.165) is 25.7 Å². The molecule has 234 valence electrons. The third-order valence-electron chi connectivity index (χ3n) is 6.04. The number of carboxylic acids is 2. The Hall–Kier alpha value is -3.24. The number of amides is 1. The Kier molecular flexibility index (Phi) is 13.2. The summed E-state index contributed by atoms with van der Waals surface area (Å²) in [6.45, 7) is 7.44. The fourth-order valence-electron chi connectivity index (χ4n) is 3.99. The zero-order valence-electron chi connectivity index (χ0n) is 21.8. The van der Waals surface area contributed by atoms with E-state index in [1.54, 1.807) is 6.07 Å². The molecule has 1 aromatic carbocycles. The molecule has 0 bridgehead atoms. The molecule has 1 unspecified atom stereocenters. The molecule has 3 rings (SSSR count). The number of anilines is 1. The van der Waals surface area contributed by atoms with Crippen LogP contribution in [0.5, 0.6) is 0 Å². The van der Waals surface area contributed by atoms with Crippen LogP contribution in [-0.2, 0) is 20.6 Å². The average molecular weight is 612 g/mol. The van der Waals surface area contributed by atoms with Gasteiger partial charge in [0, 0.05) is 51.4 Å². The van der Waals surface area contributed by atoms with Gasteiger partial charge in [-0.3, -0.25) is 4.79 Å². The number of aliphatic carboxylic acids is 2. The summed E-state index contributed by atoms with van der Waals surface area (Å²) in [6.07, 6.45) is -11.5. The second kappa shape index (κ2) is 15.1. The van der Waals surface area contributed by atoms with Crippen LogP contribution in [0.2, 0.25) is 0 Å². The summed E-state index contributed by atoms with van der Waals surface area (Å²) in [5.41, 5.74) is -0.0616. The lowest BCUT2D eigenvalue weighted by atomic mass is 10.0. The van der Waals surface area contributed by atoms with Crippen LogP contribution in [0.15, 0.2) is 24.3 Å². The van der Waals surface area contributed by atoms with Gasteiger partial charge in [0.05, 0.1) is 5.56 Å². The Morgan fingerprint density at radius 3 is 1.80 bits per heavy atom. The maximum atomic E-state index is 12.9. The topological polar surface area (TPSA) is 101 Å². The predicted octanol–water partition coefficient (Wildman–Crippen LogP) is 4.74. The quantitative estimate of drug-likeness (QED) is 0.475. The number of carboxylic acid groups (broad SMARTS) is 2. The monoisotopic (exact) mass is 611 g/mol. The van der Waals surface area contributed by atoms with E-state index in [9.17, 15) is 44.3 Å². The number of benzene rings is 1. The Bertz CT molecular complexity index is 984. The maximum absolute atomic E-state index is 12.9. The highest BCUT2D eigenvalue weighted by atomic mass is 19.4. The molecule has 17 heteroatoms. The van der Waals surface area contributed by atoms with Gasteiger partial charge in [-0.1, -0.05) is 13.0 Å². The van der Waals surface area contributed by atoms with Crippen LogP contribution in [-0.4, -0.2) is 96.0 Å². The summed E-state index contributed by atoms with van der Waals surface area (Å²) in [4.78, 5) is 36.4. The number of rotatable bonds is 4. The van der Waals surface area contributed by atoms with E-state index in [-0.39, 0.29) is 5.91 Å². The largest absolute Gasteiger partial charge is 0.490 e. The van der Waals surface area contributed by atoms with Crippen molar-refractivity contribution in [3.8, 4) is 0 Å². The normalized spacial score (nSPS) is 18.4. The number of piperazine rings is 1. The molecule has 0 aliphatic carbocycles. The van der Waals surface area contributed by atoms with Crippen molar-refractivity contribution in [2.75, 3.05) is 50.7 Å². The summed E-state index contributed by atoms with van der Waals surface area (Å²) in [5.74, 6) is -4.67. The molecule has 2 N–H and O–H groups in total. The molecule has 2 saturated heterocycles. The van der Waals surface area contributed by atoms with E-state index in [0.29, 0.717) is 44.2 Å². The van der Waals surface area contributed by atoms with Crippen molar-refractivity contribution in [2.24, 2.45) is 5.92 Å². The fraction of sp³-hybridized carbons (Fsp3) is 0.625. The molecule has 1 atom stereocenters. The Morgan fingerprint density at radius 1 is 0.854 bits per heavy atom. The molecule has 41 heavy (non-hydrogen) atoms. The highest BCUT2D eigenvalue weighted by Gasteiger charge is 2.39. The average Bonchev–Trinajstić information content (AvgIpc) is 2.86. The minimum absolute atomic E-state index is 0.150. The number of piperidine rings is 1. The zero-order chi connectivity index (χ0) is 31.6. The van der Waals surface area contributed by atoms with Crippen molar-refractivity contribution in [3.05, 3.63) is 29.8 Å². The predicted molar refractivity (Wildman–Crippen MR) is 127 cm³/mol. The molecule has 2 aliphatic rings. The summed E-state index contributed by atoms with van der Waals surface area (Å²) in [5, 5.41) is 14.2. The molecule has 0 saturated carbocycles. The molecular formula is C24H30F9N3O5. The summed E-state index contributed by atoms with van der Waals surface area (Å²) >= 11 is 0. The minimum Gasteiger partial charge on any atom is -0.475 e. The van der Waals surface area contributed by atoms with Gasteiger partial charge < -0.3 is 24.9 Å². The number of alkyl halides is 9. The van der Waals surface area contributed by atoms with Crippen molar-refractivity contribution in [3.63, 3.8) is 0 Å². The van der Waals surface area contributed by atoms with Gasteiger partial charge in [0.25, 0.3) is 0 Å². The van der Waals surface area contributed by atoms with Crippen LogP contribution in [0.25, 0.3) is 0 Å². The first-order valence-electron chi connectivity index (χ1n) is 12.2. The van der Waals surface area contributed by atoms with Crippen molar-refractivity contribution < 1.29 is 64.1 Å². The van der Waals surface area contributed by atoms with Crippen LogP contribution in [0, 0.1) is 5.92 Å². The van der Waals surface area contributed by atoms with Crippen LogP contribution in [0.3, 0.4) is 0 Å². The van der Waals surface area contributed by atoms with Gasteiger partial charge in [0.2, 0.25) is 5.91 Å². The highest BCUT2D eigenvalue weighted by Crippen LogP contribution is 2.32. The maximum Gasteiger partial charge on any atom is 0.490 e. The number of nitrogens with zero attached hydrogens (tertiary/aromatic N) is 3. The standard InChI is InChI=1S/C20H28F3N3O.2C2HF3O2/c1-16-4-3-8-24(15-16)9-7-19(27)26-12-10-25(11-13-26)18-6-2-5-17(14-18)20(21,22)23;2*3-2(4,5)1(6)7/h2,5-6,14,16H,3-4,7-13,15H2,1H3;2*(H,6,7). The first kappa shape index (κ1) is 35.8. The second-order valence-electron chi connectivity index (χ2n) is 9.32. The molecule has 8 nitrogen and oxygen atoms in total. The number of halogens is 9. The van der Waals surface area contributed by atoms with E-state index in [1.807, 2.05) is 9.80 Å². The molecule has 2 heterocycles. The Morgan fingerprint density at radius 2 is 1.37 bits per heavy atom. The van der Waals surface area contributed by atoms with Crippen molar-refractivity contribution in [2.45, 2.75) is 44.7 Å². The molecule has 0 aromatic heterocycles. The van der Waals surface area contributed by atoms with Gasteiger partial charge in [-0.05, 0) is 43.5 Å². The molecule has 1 amide bonds. The van der Waals surface area contributed by atoms with Crippen molar-refractivity contribution >= 4 is 23.5 Å². The van der Waals surface area contributed by atoms with Crippen LogP contribution >= 0.6 is 0 Å². The Labute approximate surface area is 229 Å². The zero-order valence-corrected chi connectivity index (χ0v) is 21.8. The SMILES string of the molecule is CC1CCCN(CCC(=O)N2CCN(c3cccc(C(F)(F)F)c3)CC2)C1.O=C(O)C(F)(F)F.O=C(O)C(F)(F)F. The van der Waals surface area contributed by atoms with Gasteiger partial charge in [-0.15, -0.1) is 0 Å². The van der Waals surface area contributed by atoms with Gasteiger partial charge in [0.15, 0.2) is 0 Å². The van der Waals surface area contributed by atoms with Gasteiger partial charge in [-0.2, -0.15) is 39.5 Å². The van der Waals surface area contributed by atoms with E-state index in [1.165, 1.54) is 25.0 Å². The van der Waals surface area contributed by atoms with E-state index >= 15 is 0 Å². The van der Waals surface area contributed by atoms with E-state index in [4.69, 9.17) is 19.8 Å². The third kappa shape index (κ3) is 13.3. The van der Waals surface area contributed by atoms with Gasteiger partial charge in [0.1, 0.15) is 0 Å². The summed E-state index contributed by atoms with van der Waals surface area (Å²) in [6, 6.07) is 5.42. The lowest BCUT2D eigenvalue weighted by Gasteiger charge is -2.37. The lowest BCUT2D eigenvalue weighted by Crippen LogP contribution is -2.49. The van der Waals surface area contributed by atoms with Gasteiger partial charge >= 0.3 is 30.5 Å². The molecule has 2 aliphatic heterocycles. The Balaban J connectivity index is 0.000000497. The van der Waals surface area contributed by atoms with E-state index < -0.39 is 36.0 Å². The first-order valence-corrected chi connectivity index (χ1v) is 12.2. The van der Waals surface area contributed by atoms with E-state index in [2.05, 4.69) is 11.8 Å². The summed E-state index contributed by atoms with van der Waals surface area (Å²) < 4.78 is 102. The van der Waals surface area contributed by atoms with Crippen LogP contribution < -0.4 is 4.90 Å². The number of carbonyl (C=O) groups excluding carboxylic acids is 1. The smallest absolute Gasteiger partial charge is 0.475 e. The van der Waals surface area contributed by atoms with Gasteiger partial charge in [-0.25, -0.2) is 9.59 Å². The fourth-order valence-corrected chi connectivity index (χ4v) is 3.99. The third-order valence-corrected chi connectivity index (χ3v) is 6.04. The van der Waals surface area contributed by atoms with Crippen LogP contribution in [0.1, 0.15) is 31.7 Å².